The minimum atomic E-state index is -0.242. The fourth-order valence-corrected chi connectivity index (χ4v) is 4.57. The summed E-state index contributed by atoms with van der Waals surface area (Å²) >= 11 is 0. The van der Waals surface area contributed by atoms with Crippen molar-refractivity contribution in [3.8, 4) is 11.3 Å². The molecular weight excluding hydrogens is 424 g/mol. The summed E-state index contributed by atoms with van der Waals surface area (Å²) in [5.74, 6) is 0.0250. The van der Waals surface area contributed by atoms with Crippen molar-refractivity contribution in [1.29, 1.82) is 0 Å². The van der Waals surface area contributed by atoms with Gasteiger partial charge in [0.15, 0.2) is 0 Å². The summed E-state index contributed by atoms with van der Waals surface area (Å²) in [4.78, 5) is 32.6. The molecule has 2 heterocycles. The van der Waals surface area contributed by atoms with E-state index in [4.69, 9.17) is 0 Å². The van der Waals surface area contributed by atoms with Crippen molar-refractivity contribution < 1.29 is 9.59 Å². The number of carbonyl (C=O) groups is 2. The zero-order valence-corrected chi connectivity index (χ0v) is 19.0. The van der Waals surface area contributed by atoms with Crippen LogP contribution in [-0.2, 0) is 4.79 Å². The van der Waals surface area contributed by atoms with Crippen LogP contribution in [0.25, 0.3) is 22.2 Å². The van der Waals surface area contributed by atoms with Crippen molar-refractivity contribution in [3.05, 3.63) is 78.6 Å². The summed E-state index contributed by atoms with van der Waals surface area (Å²) in [6, 6.07) is 21.0. The van der Waals surface area contributed by atoms with Gasteiger partial charge >= 0.3 is 0 Å². The number of benzene rings is 2. The molecule has 6 nitrogen and oxygen atoms in total. The minimum Gasteiger partial charge on any atom is -0.354 e. The first-order valence-electron chi connectivity index (χ1n) is 11.9. The number of nitrogens with zero attached hydrogens (tertiary/aromatic N) is 1. The molecule has 2 aromatic carbocycles. The van der Waals surface area contributed by atoms with E-state index in [0.29, 0.717) is 11.4 Å². The number of hydrogen-bond acceptors (Lipinski definition) is 3. The number of anilines is 2. The molecule has 0 unspecified atom stereocenters. The summed E-state index contributed by atoms with van der Waals surface area (Å²) in [7, 11) is 0. The van der Waals surface area contributed by atoms with Gasteiger partial charge in [-0.3, -0.25) is 14.6 Å². The average molecular weight is 453 g/mol. The van der Waals surface area contributed by atoms with Gasteiger partial charge in [-0.15, -0.1) is 0 Å². The number of amides is 2. The van der Waals surface area contributed by atoms with Crippen molar-refractivity contribution in [1.82, 2.24) is 9.97 Å². The Hall–Kier alpha value is -3.93. The van der Waals surface area contributed by atoms with Crippen molar-refractivity contribution in [2.75, 3.05) is 10.6 Å². The van der Waals surface area contributed by atoms with Crippen LogP contribution >= 0.6 is 0 Å². The topological polar surface area (TPSA) is 86.9 Å². The van der Waals surface area contributed by atoms with Crippen molar-refractivity contribution in [2.24, 2.45) is 5.92 Å². The average Bonchev–Trinajstić information content (AvgIpc) is 3.09. The van der Waals surface area contributed by atoms with Gasteiger partial charge < -0.3 is 15.6 Å². The van der Waals surface area contributed by atoms with Gasteiger partial charge in [0, 0.05) is 40.1 Å². The predicted molar refractivity (Wildman–Crippen MR) is 136 cm³/mol. The van der Waals surface area contributed by atoms with E-state index in [9.17, 15) is 9.59 Å². The zero-order chi connectivity index (χ0) is 23.3. The molecule has 0 aliphatic heterocycles. The molecule has 1 aliphatic rings. The smallest absolute Gasteiger partial charge is 0.274 e. The third-order valence-corrected chi connectivity index (χ3v) is 6.47. The highest BCUT2D eigenvalue weighted by Gasteiger charge is 2.20. The minimum absolute atomic E-state index is 0.128. The number of rotatable bonds is 5. The molecule has 34 heavy (non-hydrogen) atoms. The van der Waals surface area contributed by atoms with Gasteiger partial charge in [-0.25, -0.2) is 0 Å². The van der Waals surface area contributed by atoms with Crippen molar-refractivity contribution in [2.45, 2.75) is 38.5 Å². The Bertz CT molecular complexity index is 1290. The SMILES string of the molecule is O=C(Nc1ccc2cc(-c3ccc(NC(=O)C4CCCCCC4)cc3)[nH]c2c1)c1ccccn1. The molecule has 5 rings (SSSR count). The van der Waals surface area contributed by atoms with Gasteiger partial charge in [-0.05, 0) is 60.9 Å². The molecule has 0 atom stereocenters. The molecule has 3 N–H and O–H groups in total. The first-order valence-corrected chi connectivity index (χ1v) is 11.9. The normalized spacial score (nSPS) is 14.5. The monoisotopic (exact) mass is 452 g/mol. The number of pyridine rings is 1. The lowest BCUT2D eigenvalue weighted by molar-refractivity contribution is -0.120. The van der Waals surface area contributed by atoms with Crippen molar-refractivity contribution >= 4 is 34.1 Å². The number of H-pyrrole nitrogens is 1. The first kappa shape index (κ1) is 21.9. The molecule has 6 heteroatoms. The molecule has 0 bridgehead atoms. The summed E-state index contributed by atoms with van der Waals surface area (Å²) in [6.07, 6.45) is 8.34. The molecule has 1 fully saturated rings. The maximum atomic E-state index is 12.6. The highest BCUT2D eigenvalue weighted by molar-refractivity contribution is 6.04. The number of aromatic nitrogens is 2. The Morgan fingerprint density at radius 2 is 1.59 bits per heavy atom. The van der Waals surface area contributed by atoms with Crippen LogP contribution in [0, 0.1) is 5.92 Å². The van der Waals surface area contributed by atoms with E-state index in [1.165, 1.54) is 12.8 Å². The van der Waals surface area contributed by atoms with Crippen LogP contribution in [0.15, 0.2) is 72.9 Å². The highest BCUT2D eigenvalue weighted by atomic mass is 16.2. The number of carbonyl (C=O) groups excluding carboxylic acids is 2. The summed E-state index contributed by atoms with van der Waals surface area (Å²) < 4.78 is 0. The molecule has 0 saturated heterocycles. The van der Waals surface area contributed by atoms with Crippen LogP contribution in [0.2, 0.25) is 0 Å². The van der Waals surface area contributed by atoms with Gasteiger partial charge in [0.05, 0.1) is 0 Å². The van der Waals surface area contributed by atoms with E-state index in [-0.39, 0.29) is 17.7 Å². The summed E-state index contributed by atoms with van der Waals surface area (Å²) in [5.41, 5.74) is 4.84. The van der Waals surface area contributed by atoms with Crippen LogP contribution in [0.1, 0.15) is 49.0 Å². The predicted octanol–water partition coefficient (Wildman–Crippen LogP) is 6.39. The van der Waals surface area contributed by atoms with Gasteiger partial charge in [-0.1, -0.05) is 49.9 Å². The lowest BCUT2D eigenvalue weighted by Gasteiger charge is -2.14. The second-order valence-corrected chi connectivity index (χ2v) is 8.91. The Labute approximate surface area is 198 Å². The van der Waals surface area contributed by atoms with Gasteiger partial charge in [0.25, 0.3) is 5.91 Å². The van der Waals surface area contributed by atoms with Gasteiger partial charge in [0.2, 0.25) is 5.91 Å². The quantitative estimate of drug-likeness (QED) is 0.307. The molecule has 1 aliphatic carbocycles. The standard InChI is InChI=1S/C28H28N4O2/c33-27(20-7-3-1-2-4-8-20)30-22-13-10-19(11-14-22)25-17-21-12-15-23(18-26(21)32-25)31-28(34)24-9-5-6-16-29-24/h5-6,9-18,20,32H,1-4,7-8H2,(H,30,33)(H,31,34). The molecule has 4 aromatic rings. The summed E-state index contributed by atoms with van der Waals surface area (Å²) in [5, 5.41) is 7.04. The summed E-state index contributed by atoms with van der Waals surface area (Å²) in [6.45, 7) is 0. The number of aromatic amines is 1. The number of hydrogen-bond donors (Lipinski definition) is 3. The fourth-order valence-electron chi connectivity index (χ4n) is 4.57. The lowest BCUT2D eigenvalue weighted by atomic mass is 9.99. The maximum absolute atomic E-state index is 12.6. The van der Waals surface area contributed by atoms with Crippen LogP contribution in [0.3, 0.4) is 0 Å². The fraction of sp³-hybridized carbons (Fsp3) is 0.250. The third kappa shape index (κ3) is 5.01. The number of nitrogens with one attached hydrogen (secondary N) is 3. The molecule has 0 spiro atoms. The molecule has 2 aromatic heterocycles. The molecule has 2 amide bonds. The molecular formula is C28H28N4O2. The Morgan fingerprint density at radius 1 is 0.824 bits per heavy atom. The van der Waals surface area contributed by atoms with Crippen LogP contribution in [-0.4, -0.2) is 21.8 Å². The lowest BCUT2D eigenvalue weighted by Crippen LogP contribution is -2.22. The molecule has 172 valence electrons. The Kier molecular flexibility index (Phi) is 6.38. The number of fused-ring (bicyclic) bond motifs is 1. The van der Waals surface area contributed by atoms with Crippen LogP contribution in [0.4, 0.5) is 11.4 Å². The van der Waals surface area contributed by atoms with E-state index in [1.54, 1.807) is 24.4 Å². The second kappa shape index (κ2) is 9.91. The van der Waals surface area contributed by atoms with Crippen LogP contribution < -0.4 is 10.6 Å². The van der Waals surface area contributed by atoms with Crippen molar-refractivity contribution in [3.63, 3.8) is 0 Å². The van der Waals surface area contributed by atoms with E-state index in [0.717, 1.165) is 53.5 Å². The Balaban J connectivity index is 1.27. The maximum Gasteiger partial charge on any atom is 0.274 e. The first-order chi connectivity index (χ1) is 16.7. The van der Waals surface area contributed by atoms with Gasteiger partial charge in [-0.2, -0.15) is 0 Å². The van der Waals surface area contributed by atoms with E-state index >= 15 is 0 Å². The van der Waals surface area contributed by atoms with E-state index in [2.05, 4.69) is 26.7 Å². The third-order valence-electron chi connectivity index (χ3n) is 6.47. The van der Waals surface area contributed by atoms with E-state index in [1.807, 2.05) is 42.5 Å². The molecule has 1 saturated carbocycles. The Morgan fingerprint density at radius 3 is 2.32 bits per heavy atom. The van der Waals surface area contributed by atoms with Crippen LogP contribution in [0.5, 0.6) is 0 Å². The second-order valence-electron chi connectivity index (χ2n) is 8.91. The largest absolute Gasteiger partial charge is 0.354 e. The van der Waals surface area contributed by atoms with E-state index < -0.39 is 0 Å². The zero-order valence-electron chi connectivity index (χ0n) is 19.0. The molecule has 0 radical (unpaired) electrons. The van der Waals surface area contributed by atoms with Gasteiger partial charge in [0.1, 0.15) is 5.69 Å². The highest BCUT2D eigenvalue weighted by Crippen LogP contribution is 2.28.